The monoisotopic (exact) mass is 258 g/mol. The molecule has 2 rings (SSSR count). The average molecular weight is 258 g/mol. The smallest absolute Gasteiger partial charge is 0.129 e. The van der Waals surface area contributed by atoms with Gasteiger partial charge in [-0.3, -0.25) is 0 Å². The number of pyridine rings is 1. The van der Waals surface area contributed by atoms with Crippen LogP contribution in [0.3, 0.4) is 0 Å². The van der Waals surface area contributed by atoms with Crippen molar-refractivity contribution in [2.24, 2.45) is 5.92 Å². The van der Waals surface area contributed by atoms with Gasteiger partial charge >= 0.3 is 0 Å². The minimum atomic E-state index is 0.547. The van der Waals surface area contributed by atoms with E-state index in [2.05, 4.69) is 35.1 Å². The second kappa shape index (κ2) is 6.53. The minimum absolute atomic E-state index is 0.547. The van der Waals surface area contributed by atoms with Crippen LogP contribution in [0.15, 0.2) is 18.3 Å². The molecule has 0 aromatic carbocycles. The van der Waals surface area contributed by atoms with Gasteiger partial charge in [0, 0.05) is 25.3 Å². The van der Waals surface area contributed by atoms with Crippen molar-refractivity contribution in [1.82, 2.24) is 10.3 Å². The molecule has 0 amide bonds. The first-order valence-electron chi connectivity index (χ1n) is 7.03. The predicted octanol–water partition coefficient (Wildman–Crippen LogP) is 2.17. The van der Waals surface area contributed by atoms with E-state index in [1.54, 1.807) is 12.3 Å². The quantitative estimate of drug-likeness (QED) is 0.879. The predicted molar refractivity (Wildman–Crippen MR) is 77.0 cm³/mol. The highest BCUT2D eigenvalue weighted by Crippen LogP contribution is 2.17. The topological polar surface area (TPSA) is 52.0 Å². The molecule has 2 heterocycles. The Kier molecular flexibility index (Phi) is 4.75. The highest BCUT2D eigenvalue weighted by atomic mass is 15.2. The van der Waals surface area contributed by atoms with Crippen LogP contribution in [0.4, 0.5) is 5.82 Å². The first kappa shape index (κ1) is 13.8. The van der Waals surface area contributed by atoms with E-state index < -0.39 is 0 Å². The molecular weight excluding hydrogens is 236 g/mol. The first-order chi connectivity index (χ1) is 9.19. The molecule has 1 aliphatic heterocycles. The van der Waals surface area contributed by atoms with Gasteiger partial charge in [-0.05, 0) is 37.4 Å². The van der Waals surface area contributed by atoms with Crippen molar-refractivity contribution in [3.05, 3.63) is 23.9 Å². The fraction of sp³-hybridized carbons (Fsp3) is 0.600. The molecule has 1 aromatic heterocycles. The Morgan fingerprint density at radius 1 is 1.58 bits per heavy atom. The molecule has 0 radical (unpaired) electrons. The summed E-state index contributed by atoms with van der Waals surface area (Å²) in [5, 5.41) is 12.5. The van der Waals surface area contributed by atoms with E-state index >= 15 is 0 Å². The summed E-state index contributed by atoms with van der Waals surface area (Å²) in [5.41, 5.74) is 0.679. The summed E-state index contributed by atoms with van der Waals surface area (Å²) in [4.78, 5) is 6.73. The van der Waals surface area contributed by atoms with Crippen molar-refractivity contribution in [2.45, 2.75) is 32.7 Å². The third kappa shape index (κ3) is 3.93. The van der Waals surface area contributed by atoms with E-state index in [9.17, 15) is 0 Å². The van der Waals surface area contributed by atoms with Crippen LogP contribution in [0, 0.1) is 17.2 Å². The molecule has 19 heavy (non-hydrogen) atoms. The maximum absolute atomic E-state index is 9.00. The summed E-state index contributed by atoms with van der Waals surface area (Å²) in [6.45, 7) is 7.48. The van der Waals surface area contributed by atoms with Gasteiger partial charge in [0.05, 0.1) is 11.6 Å². The van der Waals surface area contributed by atoms with Gasteiger partial charge in [0.25, 0.3) is 0 Å². The molecule has 1 saturated heterocycles. The Hall–Kier alpha value is -1.60. The van der Waals surface area contributed by atoms with Crippen molar-refractivity contribution < 1.29 is 0 Å². The fourth-order valence-electron chi connectivity index (χ4n) is 2.54. The van der Waals surface area contributed by atoms with E-state index in [1.165, 1.54) is 12.8 Å². The standard InChI is InChI=1S/C15H22N4/c1-12(2)10-19(11-14-4-3-6-17-14)15-8-13(9-16)5-7-18-15/h5,7-8,12,14,17H,3-4,6,10-11H2,1-2H3. The lowest BCUT2D eigenvalue weighted by Gasteiger charge is -2.28. The average Bonchev–Trinajstić information content (AvgIpc) is 2.90. The number of hydrogen-bond acceptors (Lipinski definition) is 4. The lowest BCUT2D eigenvalue weighted by molar-refractivity contribution is 0.537. The van der Waals surface area contributed by atoms with Crippen LogP contribution in [0.25, 0.3) is 0 Å². The van der Waals surface area contributed by atoms with Gasteiger partial charge in [0.2, 0.25) is 0 Å². The summed E-state index contributed by atoms with van der Waals surface area (Å²) in [6, 6.07) is 6.38. The second-order valence-electron chi connectivity index (χ2n) is 5.61. The van der Waals surface area contributed by atoms with Crippen molar-refractivity contribution in [1.29, 1.82) is 5.26 Å². The van der Waals surface area contributed by atoms with Crippen LogP contribution in [0.5, 0.6) is 0 Å². The summed E-state index contributed by atoms with van der Waals surface area (Å²) in [5.74, 6) is 1.50. The molecule has 1 atom stereocenters. The number of nitrogens with zero attached hydrogens (tertiary/aromatic N) is 3. The van der Waals surface area contributed by atoms with Crippen molar-refractivity contribution in [3.8, 4) is 6.07 Å². The van der Waals surface area contributed by atoms with Gasteiger partial charge < -0.3 is 10.2 Å². The molecule has 4 heteroatoms. The fourth-order valence-corrected chi connectivity index (χ4v) is 2.54. The van der Waals surface area contributed by atoms with Gasteiger partial charge in [0.15, 0.2) is 0 Å². The van der Waals surface area contributed by atoms with E-state index in [1.807, 2.05) is 6.07 Å². The molecule has 0 saturated carbocycles. The molecule has 1 unspecified atom stereocenters. The number of nitrogens with one attached hydrogen (secondary N) is 1. The van der Waals surface area contributed by atoms with E-state index in [0.717, 1.165) is 25.5 Å². The van der Waals surface area contributed by atoms with Gasteiger partial charge in [-0.2, -0.15) is 5.26 Å². The molecule has 1 aromatic rings. The number of nitriles is 1. The maximum Gasteiger partial charge on any atom is 0.129 e. The van der Waals surface area contributed by atoms with E-state index in [-0.39, 0.29) is 0 Å². The van der Waals surface area contributed by atoms with Gasteiger partial charge in [-0.15, -0.1) is 0 Å². The Morgan fingerprint density at radius 2 is 2.42 bits per heavy atom. The van der Waals surface area contributed by atoms with Crippen LogP contribution in [-0.4, -0.2) is 30.7 Å². The highest BCUT2D eigenvalue weighted by molar-refractivity contribution is 5.45. The van der Waals surface area contributed by atoms with Crippen LogP contribution in [-0.2, 0) is 0 Å². The summed E-state index contributed by atoms with van der Waals surface area (Å²) >= 11 is 0. The number of aromatic nitrogens is 1. The minimum Gasteiger partial charge on any atom is -0.355 e. The SMILES string of the molecule is CC(C)CN(CC1CCCN1)c1cc(C#N)ccn1. The molecule has 102 valence electrons. The Balaban J connectivity index is 2.13. The highest BCUT2D eigenvalue weighted by Gasteiger charge is 2.19. The van der Waals surface area contributed by atoms with Gasteiger partial charge in [0.1, 0.15) is 5.82 Å². The normalized spacial score (nSPS) is 18.5. The van der Waals surface area contributed by atoms with Crippen LogP contribution < -0.4 is 10.2 Å². The van der Waals surface area contributed by atoms with Gasteiger partial charge in [-0.1, -0.05) is 13.8 Å². The Morgan fingerprint density at radius 3 is 3.05 bits per heavy atom. The van der Waals surface area contributed by atoms with Crippen LogP contribution in [0.2, 0.25) is 0 Å². The molecule has 0 spiro atoms. The molecule has 4 nitrogen and oxygen atoms in total. The summed E-state index contributed by atoms with van der Waals surface area (Å²) < 4.78 is 0. The maximum atomic E-state index is 9.00. The third-order valence-corrected chi connectivity index (χ3v) is 3.39. The lowest BCUT2D eigenvalue weighted by atomic mass is 10.1. The molecule has 1 fully saturated rings. The number of hydrogen-bond donors (Lipinski definition) is 1. The van der Waals surface area contributed by atoms with Crippen molar-refractivity contribution in [2.75, 3.05) is 24.5 Å². The Bertz CT molecular complexity index is 444. The second-order valence-corrected chi connectivity index (χ2v) is 5.61. The molecule has 0 bridgehead atoms. The number of rotatable bonds is 5. The summed E-state index contributed by atoms with van der Waals surface area (Å²) in [7, 11) is 0. The zero-order valence-corrected chi connectivity index (χ0v) is 11.8. The summed E-state index contributed by atoms with van der Waals surface area (Å²) in [6.07, 6.45) is 4.21. The zero-order valence-electron chi connectivity index (χ0n) is 11.8. The molecule has 1 aliphatic rings. The van der Waals surface area contributed by atoms with E-state index in [0.29, 0.717) is 17.5 Å². The Labute approximate surface area is 115 Å². The lowest BCUT2D eigenvalue weighted by Crippen LogP contribution is -2.39. The van der Waals surface area contributed by atoms with Crippen LogP contribution in [0.1, 0.15) is 32.3 Å². The van der Waals surface area contributed by atoms with Crippen molar-refractivity contribution in [3.63, 3.8) is 0 Å². The molecule has 0 aliphatic carbocycles. The largest absolute Gasteiger partial charge is 0.355 e. The third-order valence-electron chi connectivity index (χ3n) is 3.39. The first-order valence-corrected chi connectivity index (χ1v) is 7.03. The zero-order chi connectivity index (χ0) is 13.7. The van der Waals surface area contributed by atoms with E-state index in [4.69, 9.17) is 5.26 Å². The molecule has 1 N–H and O–H groups in total. The van der Waals surface area contributed by atoms with Crippen LogP contribution >= 0.6 is 0 Å². The number of anilines is 1. The van der Waals surface area contributed by atoms with Crippen molar-refractivity contribution >= 4 is 5.82 Å². The van der Waals surface area contributed by atoms with Gasteiger partial charge in [-0.25, -0.2) is 4.98 Å². The molecular formula is C15H22N4.